The predicted octanol–water partition coefficient (Wildman–Crippen LogP) is 5.26. The monoisotopic (exact) mass is 366 g/mol. The molecule has 5 rings (SSSR count). The van der Waals surface area contributed by atoms with E-state index in [1.54, 1.807) is 0 Å². The number of nitrogens with one attached hydrogen (secondary N) is 1. The van der Waals surface area contributed by atoms with Crippen molar-refractivity contribution in [3.63, 3.8) is 0 Å². The molecule has 3 heteroatoms. The number of carbonyl (C=O) groups excluding carboxylic acids is 1. The number of hydrogen-bond donors (Lipinski definition) is 1. The van der Waals surface area contributed by atoms with E-state index < -0.39 is 0 Å². The third-order valence-corrected chi connectivity index (χ3v) is 5.76. The highest BCUT2D eigenvalue weighted by molar-refractivity contribution is 6.01. The van der Waals surface area contributed by atoms with Crippen molar-refractivity contribution in [2.45, 2.75) is 19.4 Å². The number of para-hydroxylation sites is 1. The minimum Gasteiger partial charge on any atom is -0.358 e. The van der Waals surface area contributed by atoms with E-state index in [2.05, 4.69) is 60.4 Å². The van der Waals surface area contributed by atoms with E-state index in [-0.39, 0.29) is 11.9 Å². The first kappa shape index (κ1) is 16.8. The van der Waals surface area contributed by atoms with Crippen LogP contribution in [0.5, 0.6) is 0 Å². The van der Waals surface area contributed by atoms with Gasteiger partial charge in [0, 0.05) is 34.3 Å². The van der Waals surface area contributed by atoms with Crippen LogP contribution in [-0.4, -0.2) is 22.3 Å². The number of nitrogens with zero attached hydrogens (tertiary/aromatic N) is 1. The highest BCUT2D eigenvalue weighted by Crippen LogP contribution is 2.42. The normalized spacial score (nSPS) is 16.0. The van der Waals surface area contributed by atoms with E-state index in [0.29, 0.717) is 6.54 Å². The molecule has 3 nitrogen and oxygen atoms in total. The standard InChI is InChI=1S/C25H22N2O/c1-17-23(21-13-7-8-14-22(21)26-17)24-19-11-5-6-12-20(19)25(28)27(24)16-15-18-9-3-2-4-10-18/h2-14,24,26H,15-16H2,1H3/t24-/m1/s1. The molecule has 138 valence electrons. The first-order chi connectivity index (χ1) is 13.7. The molecule has 0 aliphatic carbocycles. The number of rotatable bonds is 4. The lowest BCUT2D eigenvalue weighted by atomic mass is 9.95. The number of H-pyrrole nitrogens is 1. The molecule has 0 saturated heterocycles. The molecule has 1 amide bonds. The van der Waals surface area contributed by atoms with Gasteiger partial charge in [-0.3, -0.25) is 4.79 Å². The summed E-state index contributed by atoms with van der Waals surface area (Å²) in [6.45, 7) is 2.80. The van der Waals surface area contributed by atoms with E-state index in [1.807, 2.05) is 35.2 Å². The Morgan fingerprint density at radius 1 is 0.893 bits per heavy atom. The zero-order valence-corrected chi connectivity index (χ0v) is 15.9. The number of aryl methyl sites for hydroxylation is 1. The lowest BCUT2D eigenvalue weighted by Crippen LogP contribution is -2.31. The molecule has 0 saturated carbocycles. The predicted molar refractivity (Wildman–Crippen MR) is 113 cm³/mol. The summed E-state index contributed by atoms with van der Waals surface area (Å²) >= 11 is 0. The summed E-state index contributed by atoms with van der Waals surface area (Å²) in [7, 11) is 0. The SMILES string of the molecule is Cc1[nH]c2ccccc2c1[C@H]1c2ccccc2C(=O)N1CCc1ccccc1. The Balaban J connectivity index is 1.61. The van der Waals surface area contributed by atoms with Crippen LogP contribution in [0.2, 0.25) is 0 Å². The Labute approximate surface area is 164 Å². The molecule has 3 aromatic carbocycles. The highest BCUT2D eigenvalue weighted by Gasteiger charge is 2.39. The average molecular weight is 366 g/mol. The van der Waals surface area contributed by atoms with Crippen LogP contribution < -0.4 is 0 Å². The maximum Gasteiger partial charge on any atom is 0.255 e. The molecule has 1 aliphatic rings. The molecular formula is C25H22N2O. The van der Waals surface area contributed by atoms with Gasteiger partial charge in [0.1, 0.15) is 0 Å². The first-order valence-corrected chi connectivity index (χ1v) is 9.75. The van der Waals surface area contributed by atoms with Gasteiger partial charge in [-0.15, -0.1) is 0 Å². The van der Waals surface area contributed by atoms with Crippen molar-refractivity contribution in [3.8, 4) is 0 Å². The molecular weight excluding hydrogens is 344 g/mol. The number of amides is 1. The Bertz CT molecular complexity index is 1160. The van der Waals surface area contributed by atoms with E-state index >= 15 is 0 Å². The lowest BCUT2D eigenvalue weighted by molar-refractivity contribution is 0.0752. The van der Waals surface area contributed by atoms with E-state index in [4.69, 9.17) is 0 Å². The molecule has 1 N–H and O–H groups in total. The zero-order chi connectivity index (χ0) is 19.1. The van der Waals surface area contributed by atoms with Crippen LogP contribution in [0.4, 0.5) is 0 Å². The molecule has 1 atom stereocenters. The summed E-state index contributed by atoms with van der Waals surface area (Å²) in [4.78, 5) is 18.8. The molecule has 28 heavy (non-hydrogen) atoms. The number of fused-ring (bicyclic) bond motifs is 2. The Morgan fingerprint density at radius 3 is 2.46 bits per heavy atom. The van der Waals surface area contributed by atoms with Crippen molar-refractivity contribution >= 4 is 16.8 Å². The zero-order valence-electron chi connectivity index (χ0n) is 15.9. The third-order valence-electron chi connectivity index (χ3n) is 5.76. The second kappa shape index (κ2) is 6.68. The highest BCUT2D eigenvalue weighted by atomic mass is 16.2. The summed E-state index contributed by atoms with van der Waals surface area (Å²) in [5.74, 6) is 0.126. The summed E-state index contributed by atoms with van der Waals surface area (Å²) in [6, 6.07) is 26.7. The van der Waals surface area contributed by atoms with Crippen LogP contribution in [0.15, 0.2) is 78.9 Å². The second-order valence-corrected chi connectivity index (χ2v) is 7.43. The van der Waals surface area contributed by atoms with Gasteiger partial charge in [-0.1, -0.05) is 66.7 Å². The summed E-state index contributed by atoms with van der Waals surface area (Å²) in [5.41, 5.74) is 6.64. The van der Waals surface area contributed by atoms with Crippen molar-refractivity contribution in [2.24, 2.45) is 0 Å². The van der Waals surface area contributed by atoms with Gasteiger partial charge >= 0.3 is 0 Å². The number of hydrogen-bond acceptors (Lipinski definition) is 1. The van der Waals surface area contributed by atoms with Crippen molar-refractivity contribution in [1.82, 2.24) is 9.88 Å². The van der Waals surface area contributed by atoms with Crippen LogP contribution in [0.3, 0.4) is 0 Å². The topological polar surface area (TPSA) is 36.1 Å². The fourth-order valence-corrected chi connectivity index (χ4v) is 4.46. The number of aromatic nitrogens is 1. The van der Waals surface area contributed by atoms with Gasteiger partial charge in [0.05, 0.1) is 6.04 Å². The van der Waals surface area contributed by atoms with Crippen LogP contribution in [0.25, 0.3) is 10.9 Å². The van der Waals surface area contributed by atoms with Crippen LogP contribution in [0.1, 0.15) is 38.8 Å². The average Bonchev–Trinajstić information content (AvgIpc) is 3.20. The quantitative estimate of drug-likeness (QED) is 0.525. The van der Waals surface area contributed by atoms with Crippen LogP contribution >= 0.6 is 0 Å². The molecule has 0 radical (unpaired) electrons. The van der Waals surface area contributed by atoms with Gasteiger partial charge in [-0.25, -0.2) is 0 Å². The maximum atomic E-state index is 13.3. The second-order valence-electron chi connectivity index (χ2n) is 7.43. The fraction of sp³-hybridized carbons (Fsp3) is 0.160. The molecule has 0 fully saturated rings. The molecule has 1 aliphatic heterocycles. The van der Waals surface area contributed by atoms with Crippen molar-refractivity contribution in [3.05, 3.63) is 107 Å². The van der Waals surface area contributed by atoms with Gasteiger partial charge in [0.15, 0.2) is 0 Å². The van der Waals surface area contributed by atoms with Crippen molar-refractivity contribution in [2.75, 3.05) is 6.54 Å². The van der Waals surface area contributed by atoms with Gasteiger partial charge < -0.3 is 9.88 Å². The molecule has 0 unspecified atom stereocenters. The van der Waals surface area contributed by atoms with Crippen LogP contribution in [0, 0.1) is 6.92 Å². The molecule has 4 aromatic rings. The Morgan fingerprint density at radius 2 is 1.61 bits per heavy atom. The van der Waals surface area contributed by atoms with E-state index in [0.717, 1.165) is 28.8 Å². The summed E-state index contributed by atoms with van der Waals surface area (Å²) in [5, 5.41) is 1.19. The van der Waals surface area contributed by atoms with E-state index in [1.165, 1.54) is 16.5 Å². The van der Waals surface area contributed by atoms with Crippen LogP contribution in [-0.2, 0) is 6.42 Å². The minimum atomic E-state index is -0.0523. The summed E-state index contributed by atoms with van der Waals surface area (Å²) < 4.78 is 0. The van der Waals surface area contributed by atoms with Gasteiger partial charge in [-0.2, -0.15) is 0 Å². The Kier molecular flexibility index (Phi) is 4.01. The molecule has 0 bridgehead atoms. The van der Waals surface area contributed by atoms with Crippen molar-refractivity contribution < 1.29 is 4.79 Å². The molecule has 1 aromatic heterocycles. The lowest BCUT2D eigenvalue weighted by Gasteiger charge is -2.26. The van der Waals surface area contributed by atoms with E-state index in [9.17, 15) is 4.79 Å². The van der Waals surface area contributed by atoms with Gasteiger partial charge in [0.25, 0.3) is 5.91 Å². The molecule has 0 spiro atoms. The summed E-state index contributed by atoms with van der Waals surface area (Å²) in [6.07, 6.45) is 0.846. The Hall–Kier alpha value is -3.33. The molecule has 2 heterocycles. The van der Waals surface area contributed by atoms with Crippen molar-refractivity contribution in [1.29, 1.82) is 0 Å². The largest absolute Gasteiger partial charge is 0.358 e. The van der Waals surface area contributed by atoms with Gasteiger partial charge in [0.2, 0.25) is 0 Å². The van der Waals surface area contributed by atoms with Gasteiger partial charge in [-0.05, 0) is 36.6 Å². The first-order valence-electron chi connectivity index (χ1n) is 9.75. The smallest absolute Gasteiger partial charge is 0.255 e. The maximum absolute atomic E-state index is 13.3. The number of benzene rings is 3. The minimum absolute atomic E-state index is 0.0523. The number of aromatic amines is 1. The fourth-order valence-electron chi connectivity index (χ4n) is 4.46. The third kappa shape index (κ3) is 2.63. The number of carbonyl (C=O) groups is 1.